The third kappa shape index (κ3) is 6.87. The number of carbonyl (C=O) groups excluding carboxylic acids is 1. The Morgan fingerprint density at radius 1 is 1.23 bits per heavy atom. The van der Waals surface area contributed by atoms with Crippen LogP contribution >= 0.6 is 24.0 Å². The molecular weight excluding hydrogens is 443 g/mol. The zero-order valence-electron chi connectivity index (χ0n) is 16.9. The Hall–Kier alpha value is -0.570. The van der Waals surface area contributed by atoms with Gasteiger partial charge in [-0.3, -0.25) is 14.7 Å². The summed E-state index contributed by atoms with van der Waals surface area (Å²) in [6.45, 7) is 12.0. The second-order valence-corrected chi connectivity index (χ2v) is 7.63. The number of carbonyl (C=O) groups is 1. The summed E-state index contributed by atoms with van der Waals surface area (Å²) in [6.07, 6.45) is 4.26. The summed E-state index contributed by atoms with van der Waals surface area (Å²) in [5.74, 6) is 1.69. The molecular formula is C19H37IN4O2. The van der Waals surface area contributed by atoms with E-state index >= 15 is 0 Å². The van der Waals surface area contributed by atoms with Crippen LogP contribution in [0.25, 0.3) is 0 Å². The lowest BCUT2D eigenvalue weighted by molar-refractivity contribution is -0.149. The lowest BCUT2D eigenvalue weighted by atomic mass is 9.97. The molecule has 0 spiro atoms. The van der Waals surface area contributed by atoms with Gasteiger partial charge < -0.3 is 15.0 Å². The smallest absolute Gasteiger partial charge is 0.309 e. The number of hydrogen-bond donors (Lipinski definition) is 1. The Bertz CT molecular complexity index is 451. The van der Waals surface area contributed by atoms with Crippen LogP contribution in [-0.2, 0) is 9.53 Å². The predicted molar refractivity (Wildman–Crippen MR) is 117 cm³/mol. The molecule has 152 valence electrons. The normalized spacial score (nSPS) is 22.4. The van der Waals surface area contributed by atoms with Gasteiger partial charge in [0.25, 0.3) is 0 Å². The van der Waals surface area contributed by atoms with Crippen LogP contribution in [0, 0.1) is 11.8 Å². The summed E-state index contributed by atoms with van der Waals surface area (Å²) < 4.78 is 5.15. The Kier molecular flexibility index (Phi) is 10.8. The van der Waals surface area contributed by atoms with Gasteiger partial charge in [0, 0.05) is 39.3 Å². The highest BCUT2D eigenvalue weighted by atomic mass is 127. The Morgan fingerprint density at radius 2 is 1.92 bits per heavy atom. The van der Waals surface area contributed by atoms with Gasteiger partial charge in [-0.15, -0.1) is 24.0 Å². The number of piperidine rings is 1. The topological polar surface area (TPSA) is 57.2 Å². The van der Waals surface area contributed by atoms with Gasteiger partial charge in [0.1, 0.15) is 0 Å². The Balaban J connectivity index is 0.00000338. The second kappa shape index (κ2) is 12.0. The summed E-state index contributed by atoms with van der Waals surface area (Å²) in [5, 5.41) is 3.57. The molecule has 2 heterocycles. The molecule has 1 N–H and O–H groups in total. The highest BCUT2D eigenvalue weighted by molar-refractivity contribution is 14.0. The highest BCUT2D eigenvalue weighted by Crippen LogP contribution is 2.20. The van der Waals surface area contributed by atoms with Crippen molar-refractivity contribution in [3.05, 3.63) is 0 Å². The van der Waals surface area contributed by atoms with Crippen LogP contribution in [0.5, 0.6) is 0 Å². The number of nitrogens with one attached hydrogen (secondary N) is 1. The molecule has 26 heavy (non-hydrogen) atoms. The molecule has 0 aromatic carbocycles. The molecule has 0 aliphatic carbocycles. The van der Waals surface area contributed by atoms with Crippen LogP contribution < -0.4 is 5.32 Å². The average Bonchev–Trinajstić information content (AvgIpc) is 3.02. The zero-order valence-corrected chi connectivity index (χ0v) is 19.2. The third-order valence-corrected chi connectivity index (χ3v) is 5.22. The Morgan fingerprint density at radius 3 is 2.50 bits per heavy atom. The Labute approximate surface area is 176 Å². The summed E-state index contributed by atoms with van der Waals surface area (Å²) in [6, 6.07) is 0.608. The molecule has 2 rings (SSSR count). The number of nitrogens with zero attached hydrogens (tertiary/aromatic N) is 3. The molecule has 0 aromatic heterocycles. The van der Waals surface area contributed by atoms with E-state index in [1.54, 1.807) is 0 Å². The molecule has 1 atom stereocenters. The van der Waals surface area contributed by atoms with Crippen molar-refractivity contribution < 1.29 is 9.53 Å². The molecule has 6 nitrogen and oxygen atoms in total. The largest absolute Gasteiger partial charge is 0.466 e. The van der Waals surface area contributed by atoms with Gasteiger partial charge in [0.05, 0.1) is 12.5 Å². The van der Waals surface area contributed by atoms with Crippen molar-refractivity contribution in [1.82, 2.24) is 15.1 Å². The van der Waals surface area contributed by atoms with Crippen molar-refractivity contribution in [2.24, 2.45) is 16.8 Å². The molecule has 7 heteroatoms. The molecule has 2 aliphatic rings. The summed E-state index contributed by atoms with van der Waals surface area (Å²) >= 11 is 0. The summed E-state index contributed by atoms with van der Waals surface area (Å²) in [4.78, 5) is 21.2. The van der Waals surface area contributed by atoms with Crippen molar-refractivity contribution in [2.75, 3.05) is 46.4 Å². The quantitative estimate of drug-likeness (QED) is 0.274. The van der Waals surface area contributed by atoms with E-state index in [2.05, 4.69) is 34.0 Å². The minimum absolute atomic E-state index is 0. The second-order valence-electron chi connectivity index (χ2n) is 7.63. The molecule has 2 fully saturated rings. The number of aliphatic imine (C=N–C) groups is 1. The zero-order chi connectivity index (χ0) is 18.2. The molecule has 0 unspecified atom stereocenters. The number of rotatable bonds is 6. The number of guanidine groups is 1. The van der Waals surface area contributed by atoms with Gasteiger partial charge in [-0.2, -0.15) is 0 Å². The molecule has 0 saturated carbocycles. The van der Waals surface area contributed by atoms with E-state index in [0.29, 0.717) is 18.6 Å². The summed E-state index contributed by atoms with van der Waals surface area (Å²) in [5.41, 5.74) is 0. The van der Waals surface area contributed by atoms with E-state index in [-0.39, 0.29) is 35.9 Å². The standard InChI is InChI=1S/C19H36N4O2.HI/c1-5-25-18(24)16-8-11-22(12-9-16)19(20-4)21-13-17-7-6-10-23(17)14-15(2)3;/h15-17H,5-14H2,1-4H3,(H,20,21);1H/t17-;/m1./s1. The van der Waals surface area contributed by atoms with Crippen molar-refractivity contribution >= 4 is 35.9 Å². The monoisotopic (exact) mass is 480 g/mol. The average molecular weight is 480 g/mol. The first-order chi connectivity index (χ1) is 12.0. The van der Waals surface area contributed by atoms with Crippen LogP contribution in [0.2, 0.25) is 0 Å². The highest BCUT2D eigenvalue weighted by Gasteiger charge is 2.29. The SMILES string of the molecule is CCOC(=O)C1CCN(C(=NC)NC[C@H]2CCCN2CC(C)C)CC1.I. The molecule has 2 saturated heterocycles. The number of halogens is 1. The number of hydrogen-bond acceptors (Lipinski definition) is 4. The van der Waals surface area contributed by atoms with Crippen LogP contribution in [0.3, 0.4) is 0 Å². The van der Waals surface area contributed by atoms with Crippen LogP contribution in [-0.4, -0.2) is 74.1 Å². The fraction of sp³-hybridized carbons (Fsp3) is 0.895. The molecule has 0 amide bonds. The van der Waals surface area contributed by atoms with E-state index in [1.807, 2.05) is 14.0 Å². The fourth-order valence-electron chi connectivity index (χ4n) is 3.96. The first-order valence-corrected chi connectivity index (χ1v) is 9.91. The third-order valence-electron chi connectivity index (χ3n) is 5.22. The number of ether oxygens (including phenoxy) is 1. The van der Waals surface area contributed by atoms with Crippen LogP contribution in [0.4, 0.5) is 0 Å². The van der Waals surface area contributed by atoms with Gasteiger partial charge in [-0.05, 0) is 45.1 Å². The van der Waals surface area contributed by atoms with Gasteiger partial charge in [0.15, 0.2) is 5.96 Å². The molecule has 2 aliphatic heterocycles. The lowest BCUT2D eigenvalue weighted by Gasteiger charge is -2.34. The van der Waals surface area contributed by atoms with Crippen LogP contribution in [0.1, 0.15) is 46.5 Å². The van der Waals surface area contributed by atoms with Gasteiger partial charge >= 0.3 is 5.97 Å². The van der Waals surface area contributed by atoms with Crippen molar-refractivity contribution in [3.63, 3.8) is 0 Å². The van der Waals surface area contributed by atoms with Gasteiger partial charge in [0.2, 0.25) is 0 Å². The maximum atomic E-state index is 11.9. The van der Waals surface area contributed by atoms with E-state index in [9.17, 15) is 4.79 Å². The van der Waals surface area contributed by atoms with Crippen LogP contribution in [0.15, 0.2) is 4.99 Å². The van der Waals surface area contributed by atoms with E-state index in [0.717, 1.165) is 38.4 Å². The molecule has 0 bridgehead atoms. The van der Waals surface area contributed by atoms with E-state index < -0.39 is 0 Å². The number of esters is 1. The minimum Gasteiger partial charge on any atom is -0.466 e. The first kappa shape index (κ1) is 23.5. The van der Waals surface area contributed by atoms with Gasteiger partial charge in [-0.1, -0.05) is 13.8 Å². The summed E-state index contributed by atoms with van der Waals surface area (Å²) in [7, 11) is 1.85. The molecule has 0 radical (unpaired) electrons. The first-order valence-electron chi connectivity index (χ1n) is 9.91. The maximum Gasteiger partial charge on any atom is 0.309 e. The maximum absolute atomic E-state index is 11.9. The lowest BCUT2D eigenvalue weighted by Crippen LogP contribution is -2.50. The van der Waals surface area contributed by atoms with Crippen molar-refractivity contribution in [2.45, 2.75) is 52.5 Å². The minimum atomic E-state index is -0.0413. The van der Waals surface area contributed by atoms with Gasteiger partial charge in [-0.25, -0.2) is 0 Å². The van der Waals surface area contributed by atoms with Crippen molar-refractivity contribution in [3.8, 4) is 0 Å². The predicted octanol–water partition coefficient (Wildman–Crippen LogP) is 2.58. The number of likely N-dealkylation sites (tertiary alicyclic amines) is 2. The fourth-order valence-corrected chi connectivity index (χ4v) is 3.96. The van der Waals surface area contributed by atoms with E-state index in [4.69, 9.17) is 4.74 Å². The molecule has 0 aromatic rings. The van der Waals surface area contributed by atoms with E-state index in [1.165, 1.54) is 25.9 Å². The van der Waals surface area contributed by atoms with Crippen molar-refractivity contribution in [1.29, 1.82) is 0 Å².